The number of phenolic OH excluding ortho intramolecular Hbond substituents is 1. The van der Waals surface area contributed by atoms with Gasteiger partial charge in [-0.2, -0.15) is 0 Å². The summed E-state index contributed by atoms with van der Waals surface area (Å²) in [5.41, 5.74) is 4.53. The molecule has 4 heteroatoms. The van der Waals surface area contributed by atoms with Gasteiger partial charge in [0.1, 0.15) is 29.1 Å². The predicted molar refractivity (Wildman–Crippen MR) is 95.8 cm³/mol. The van der Waals surface area contributed by atoms with Gasteiger partial charge in [-0.15, -0.1) is 0 Å². The molecule has 1 N–H and O–H groups in total. The van der Waals surface area contributed by atoms with Crippen LogP contribution in [0.5, 0.6) is 23.0 Å². The first-order chi connectivity index (χ1) is 12.1. The third kappa shape index (κ3) is 2.72. The topological polar surface area (TPSA) is 47.9 Å². The van der Waals surface area contributed by atoms with Crippen LogP contribution in [-0.4, -0.2) is 18.8 Å². The van der Waals surface area contributed by atoms with Gasteiger partial charge in [-0.05, 0) is 38.0 Å². The van der Waals surface area contributed by atoms with Gasteiger partial charge >= 0.3 is 0 Å². The monoisotopic (exact) mass is 338 g/mol. The molecule has 2 aliphatic heterocycles. The molecule has 0 aromatic heterocycles. The molecule has 0 fully saturated rings. The van der Waals surface area contributed by atoms with Crippen LogP contribution in [0.25, 0.3) is 0 Å². The molecular formula is C21H22O4. The summed E-state index contributed by atoms with van der Waals surface area (Å²) in [6.07, 6.45) is 2.91. The second-order valence-electron chi connectivity index (χ2n) is 6.87. The number of ether oxygens (including phenoxy) is 3. The van der Waals surface area contributed by atoms with E-state index in [9.17, 15) is 5.11 Å². The number of benzene rings is 2. The Kier molecular flexibility index (Phi) is 3.83. The number of allylic oxidation sites excluding steroid dienone is 2. The van der Waals surface area contributed by atoms with Crippen LogP contribution in [-0.2, 0) is 6.42 Å². The maximum atomic E-state index is 9.73. The van der Waals surface area contributed by atoms with Crippen molar-refractivity contribution >= 4 is 0 Å². The lowest BCUT2D eigenvalue weighted by Crippen LogP contribution is -2.23. The highest BCUT2D eigenvalue weighted by Gasteiger charge is 2.41. The molecule has 0 bridgehead atoms. The number of fused-ring (bicyclic) bond motifs is 5. The van der Waals surface area contributed by atoms with Gasteiger partial charge in [-0.1, -0.05) is 17.7 Å². The Morgan fingerprint density at radius 1 is 1.20 bits per heavy atom. The Labute approximate surface area is 147 Å². The lowest BCUT2D eigenvalue weighted by atomic mass is 9.88. The number of phenols is 1. The van der Waals surface area contributed by atoms with Gasteiger partial charge in [-0.3, -0.25) is 0 Å². The van der Waals surface area contributed by atoms with Crippen molar-refractivity contribution in [2.45, 2.75) is 32.3 Å². The van der Waals surface area contributed by atoms with Crippen molar-refractivity contribution in [1.29, 1.82) is 0 Å². The minimum atomic E-state index is -0.0862. The Morgan fingerprint density at radius 2 is 2.04 bits per heavy atom. The highest BCUT2D eigenvalue weighted by Crippen LogP contribution is 2.52. The maximum absolute atomic E-state index is 9.73. The zero-order chi connectivity index (χ0) is 17.6. The number of rotatable bonds is 3. The lowest BCUT2D eigenvalue weighted by molar-refractivity contribution is 0.139. The van der Waals surface area contributed by atoms with Gasteiger partial charge in [0, 0.05) is 23.3 Å². The summed E-state index contributed by atoms with van der Waals surface area (Å²) in [5.74, 6) is 2.76. The van der Waals surface area contributed by atoms with Crippen molar-refractivity contribution in [1.82, 2.24) is 0 Å². The van der Waals surface area contributed by atoms with Crippen molar-refractivity contribution in [2.75, 3.05) is 13.7 Å². The second-order valence-corrected chi connectivity index (χ2v) is 6.87. The lowest BCUT2D eigenvalue weighted by Gasteiger charge is -2.29. The molecule has 0 radical (unpaired) electrons. The molecule has 0 saturated carbocycles. The maximum Gasteiger partial charge on any atom is 0.138 e. The number of hydrogen-bond acceptors (Lipinski definition) is 4. The zero-order valence-corrected chi connectivity index (χ0v) is 14.7. The molecule has 25 heavy (non-hydrogen) atoms. The van der Waals surface area contributed by atoms with E-state index in [1.165, 1.54) is 5.57 Å². The molecule has 2 aromatic rings. The van der Waals surface area contributed by atoms with E-state index in [1.807, 2.05) is 12.1 Å². The predicted octanol–water partition coefficient (Wildman–Crippen LogP) is 4.52. The molecule has 4 rings (SSSR count). The summed E-state index contributed by atoms with van der Waals surface area (Å²) >= 11 is 0. The quantitative estimate of drug-likeness (QED) is 0.836. The van der Waals surface area contributed by atoms with Crippen molar-refractivity contribution in [2.24, 2.45) is 0 Å². The van der Waals surface area contributed by atoms with Crippen LogP contribution < -0.4 is 14.2 Å². The van der Waals surface area contributed by atoms with Crippen LogP contribution in [0.15, 0.2) is 42.0 Å². The van der Waals surface area contributed by atoms with Gasteiger partial charge < -0.3 is 19.3 Å². The Morgan fingerprint density at radius 3 is 2.80 bits per heavy atom. The summed E-state index contributed by atoms with van der Waals surface area (Å²) in [7, 11) is 1.68. The van der Waals surface area contributed by atoms with Crippen LogP contribution in [0, 0.1) is 0 Å². The van der Waals surface area contributed by atoms with E-state index in [2.05, 4.69) is 26.0 Å². The third-order valence-corrected chi connectivity index (χ3v) is 4.88. The van der Waals surface area contributed by atoms with Gasteiger partial charge in [0.2, 0.25) is 0 Å². The van der Waals surface area contributed by atoms with Gasteiger partial charge in [0.15, 0.2) is 0 Å². The molecule has 2 heterocycles. The summed E-state index contributed by atoms with van der Waals surface area (Å²) in [4.78, 5) is 0. The largest absolute Gasteiger partial charge is 0.508 e. The average Bonchev–Trinajstić information content (AvgIpc) is 2.96. The van der Waals surface area contributed by atoms with E-state index in [4.69, 9.17) is 14.2 Å². The molecule has 0 unspecified atom stereocenters. The summed E-state index contributed by atoms with van der Waals surface area (Å²) in [6.45, 7) is 4.74. The normalized spacial score (nSPS) is 19.8. The minimum Gasteiger partial charge on any atom is -0.508 e. The summed E-state index contributed by atoms with van der Waals surface area (Å²) in [5, 5.41) is 9.73. The molecule has 2 aromatic carbocycles. The average molecular weight is 338 g/mol. The molecule has 4 nitrogen and oxygen atoms in total. The molecular weight excluding hydrogens is 316 g/mol. The zero-order valence-electron chi connectivity index (χ0n) is 14.7. The molecule has 0 spiro atoms. The fourth-order valence-electron chi connectivity index (χ4n) is 3.59. The molecule has 0 aliphatic carbocycles. The number of aromatic hydroxyl groups is 1. The molecule has 2 atom stereocenters. The highest BCUT2D eigenvalue weighted by atomic mass is 16.5. The molecule has 2 aliphatic rings. The molecule has 130 valence electrons. The minimum absolute atomic E-state index is 0.0862. The number of methoxy groups -OCH3 is 1. The first-order valence-electron chi connectivity index (χ1n) is 8.53. The van der Waals surface area contributed by atoms with Crippen molar-refractivity contribution in [3.63, 3.8) is 0 Å². The fourth-order valence-corrected chi connectivity index (χ4v) is 3.59. The van der Waals surface area contributed by atoms with Gasteiger partial charge in [-0.25, -0.2) is 0 Å². The van der Waals surface area contributed by atoms with Crippen LogP contribution in [0.3, 0.4) is 0 Å². The number of hydrogen-bond donors (Lipinski definition) is 1. The summed E-state index contributed by atoms with van der Waals surface area (Å²) in [6, 6.07) is 9.41. The smallest absolute Gasteiger partial charge is 0.138 e. The standard InChI is InChI=1S/C21H22O4/c1-12(2)4-5-13-8-16-19(10-18(13)23-3)24-11-17-15-7-6-14(22)9-20(15)25-21(16)17/h4,6-10,17,21-22H,5,11H2,1-3H3/t17-,21+/m1/s1. The van der Waals surface area contributed by atoms with E-state index >= 15 is 0 Å². The Bertz CT molecular complexity index is 849. The van der Waals surface area contributed by atoms with E-state index in [0.717, 1.165) is 40.4 Å². The van der Waals surface area contributed by atoms with Crippen LogP contribution in [0.1, 0.15) is 42.6 Å². The van der Waals surface area contributed by atoms with Crippen molar-refractivity contribution < 1.29 is 19.3 Å². The fraction of sp³-hybridized carbons (Fsp3) is 0.333. The van der Waals surface area contributed by atoms with E-state index < -0.39 is 0 Å². The van der Waals surface area contributed by atoms with Gasteiger partial charge in [0.05, 0.1) is 19.6 Å². The van der Waals surface area contributed by atoms with Crippen molar-refractivity contribution in [3.05, 3.63) is 58.7 Å². The first-order valence-corrected chi connectivity index (χ1v) is 8.53. The third-order valence-electron chi connectivity index (χ3n) is 4.88. The Hall–Kier alpha value is -2.62. The molecule has 0 amide bonds. The van der Waals surface area contributed by atoms with E-state index in [-0.39, 0.29) is 17.8 Å². The highest BCUT2D eigenvalue weighted by molar-refractivity contribution is 5.54. The van der Waals surface area contributed by atoms with Crippen molar-refractivity contribution in [3.8, 4) is 23.0 Å². The SMILES string of the molecule is COc1cc2c(cc1CC=C(C)C)[C@@H]1Oc3cc(O)ccc3[C@H]1CO2. The van der Waals surface area contributed by atoms with Crippen LogP contribution in [0.4, 0.5) is 0 Å². The summed E-state index contributed by atoms with van der Waals surface area (Å²) < 4.78 is 17.7. The molecule has 0 saturated heterocycles. The Balaban J connectivity index is 1.75. The van der Waals surface area contributed by atoms with Gasteiger partial charge in [0.25, 0.3) is 0 Å². The van der Waals surface area contributed by atoms with E-state index in [0.29, 0.717) is 6.61 Å². The van der Waals surface area contributed by atoms with Crippen LogP contribution >= 0.6 is 0 Å². The first kappa shape index (κ1) is 15.9. The second kappa shape index (κ2) is 6.03. The van der Waals surface area contributed by atoms with Crippen LogP contribution in [0.2, 0.25) is 0 Å². The van der Waals surface area contributed by atoms with E-state index in [1.54, 1.807) is 19.2 Å².